The lowest BCUT2D eigenvalue weighted by molar-refractivity contribution is -0.131. The van der Waals surface area contributed by atoms with Gasteiger partial charge < -0.3 is 14.2 Å². The van der Waals surface area contributed by atoms with Crippen LogP contribution in [0, 0.1) is 0 Å². The molecule has 0 N–H and O–H groups in total. The van der Waals surface area contributed by atoms with Crippen molar-refractivity contribution in [1.82, 2.24) is 0 Å². The Labute approximate surface area is 92.9 Å². The normalized spacial score (nSPS) is 9.44. The van der Waals surface area contributed by atoms with Crippen LogP contribution in [-0.4, -0.2) is 26.2 Å². The Morgan fingerprint density at radius 1 is 1.19 bits per heavy atom. The number of hydrogen-bond acceptors (Lipinski definition) is 5. The number of esters is 2. The van der Waals surface area contributed by atoms with Gasteiger partial charge in [0.25, 0.3) is 0 Å². The van der Waals surface area contributed by atoms with E-state index in [0.717, 1.165) is 0 Å². The lowest BCUT2D eigenvalue weighted by Crippen LogP contribution is -2.09. The molecule has 0 spiro atoms. The molecule has 0 fully saturated rings. The van der Waals surface area contributed by atoms with Gasteiger partial charge in [-0.1, -0.05) is 0 Å². The van der Waals surface area contributed by atoms with Crippen LogP contribution < -0.4 is 9.47 Å². The standard InChI is InChI=1S/C11H12O5/c1-7(12)16-10-6-8(14-2)4-5-9(10)11(13)15-3/h4-6H,1-3H3. The van der Waals surface area contributed by atoms with Crippen LogP contribution in [0.25, 0.3) is 0 Å². The van der Waals surface area contributed by atoms with Crippen molar-refractivity contribution in [3.63, 3.8) is 0 Å². The van der Waals surface area contributed by atoms with E-state index in [4.69, 9.17) is 9.47 Å². The van der Waals surface area contributed by atoms with Crippen LogP contribution >= 0.6 is 0 Å². The van der Waals surface area contributed by atoms with Gasteiger partial charge in [-0.3, -0.25) is 4.79 Å². The number of carbonyl (C=O) groups excluding carboxylic acids is 2. The summed E-state index contributed by atoms with van der Waals surface area (Å²) in [5.41, 5.74) is 0.179. The molecule has 0 aromatic heterocycles. The smallest absolute Gasteiger partial charge is 0.341 e. The summed E-state index contributed by atoms with van der Waals surface area (Å²) in [7, 11) is 2.73. The van der Waals surface area contributed by atoms with Gasteiger partial charge in [0, 0.05) is 13.0 Å². The predicted octanol–water partition coefficient (Wildman–Crippen LogP) is 1.41. The third-order valence-electron chi connectivity index (χ3n) is 1.85. The molecule has 0 amide bonds. The molecular weight excluding hydrogens is 212 g/mol. The highest BCUT2D eigenvalue weighted by Crippen LogP contribution is 2.25. The molecule has 5 heteroatoms. The zero-order valence-electron chi connectivity index (χ0n) is 9.27. The van der Waals surface area contributed by atoms with Crippen LogP contribution in [0.15, 0.2) is 18.2 Å². The summed E-state index contributed by atoms with van der Waals surface area (Å²) in [5.74, 6) is -0.472. The van der Waals surface area contributed by atoms with Crippen molar-refractivity contribution in [2.75, 3.05) is 14.2 Å². The van der Waals surface area contributed by atoms with E-state index in [1.807, 2.05) is 0 Å². The second kappa shape index (κ2) is 5.16. The molecular formula is C11H12O5. The highest BCUT2D eigenvalue weighted by Gasteiger charge is 2.15. The van der Waals surface area contributed by atoms with Gasteiger partial charge in [0.1, 0.15) is 17.1 Å². The summed E-state index contributed by atoms with van der Waals surface area (Å²) in [6.07, 6.45) is 0. The Morgan fingerprint density at radius 3 is 2.38 bits per heavy atom. The van der Waals surface area contributed by atoms with Gasteiger partial charge in [0.15, 0.2) is 0 Å². The molecule has 0 heterocycles. The predicted molar refractivity (Wildman–Crippen MR) is 55.6 cm³/mol. The van der Waals surface area contributed by atoms with Gasteiger partial charge in [0.05, 0.1) is 14.2 Å². The summed E-state index contributed by atoms with van der Waals surface area (Å²) in [6, 6.07) is 4.51. The van der Waals surface area contributed by atoms with Crippen LogP contribution in [0.1, 0.15) is 17.3 Å². The number of rotatable bonds is 3. The quantitative estimate of drug-likeness (QED) is 0.573. The first-order chi connectivity index (χ1) is 7.58. The number of carbonyl (C=O) groups is 2. The maximum atomic E-state index is 11.4. The van der Waals surface area contributed by atoms with Gasteiger partial charge in [-0.2, -0.15) is 0 Å². The van der Waals surface area contributed by atoms with E-state index >= 15 is 0 Å². The van der Waals surface area contributed by atoms with E-state index in [0.29, 0.717) is 5.75 Å². The summed E-state index contributed by atoms with van der Waals surface area (Å²) in [4.78, 5) is 22.2. The Kier molecular flexibility index (Phi) is 3.88. The minimum atomic E-state index is -0.570. The molecule has 0 aliphatic carbocycles. The lowest BCUT2D eigenvalue weighted by Gasteiger charge is -2.08. The molecule has 1 rings (SSSR count). The molecule has 0 bridgehead atoms. The first kappa shape index (κ1) is 12.0. The molecule has 0 radical (unpaired) electrons. The molecule has 0 aliphatic rings. The van der Waals surface area contributed by atoms with E-state index in [1.165, 1.54) is 33.3 Å². The molecule has 1 aromatic carbocycles. The summed E-state index contributed by atoms with van der Waals surface area (Å²) >= 11 is 0. The third kappa shape index (κ3) is 2.73. The van der Waals surface area contributed by atoms with Crippen LogP contribution in [0.2, 0.25) is 0 Å². The molecule has 0 unspecified atom stereocenters. The average molecular weight is 224 g/mol. The number of methoxy groups -OCH3 is 2. The topological polar surface area (TPSA) is 61.8 Å². The molecule has 16 heavy (non-hydrogen) atoms. The highest BCUT2D eigenvalue weighted by atomic mass is 16.5. The fourth-order valence-electron chi connectivity index (χ4n) is 1.15. The Morgan fingerprint density at radius 2 is 1.88 bits per heavy atom. The molecule has 0 saturated heterocycles. The summed E-state index contributed by atoms with van der Waals surface area (Å²) < 4.78 is 14.4. The van der Waals surface area contributed by atoms with Crippen molar-refractivity contribution in [3.8, 4) is 11.5 Å². The van der Waals surface area contributed by atoms with Gasteiger partial charge in [-0.25, -0.2) is 4.79 Å². The number of hydrogen-bond donors (Lipinski definition) is 0. The summed E-state index contributed by atoms with van der Waals surface area (Å²) in [6.45, 7) is 1.25. The minimum Gasteiger partial charge on any atom is -0.497 e. The van der Waals surface area contributed by atoms with Crippen LogP contribution in [-0.2, 0) is 9.53 Å². The maximum Gasteiger partial charge on any atom is 0.341 e. The van der Waals surface area contributed by atoms with Crippen molar-refractivity contribution in [2.45, 2.75) is 6.92 Å². The zero-order valence-corrected chi connectivity index (χ0v) is 9.27. The second-order valence-electron chi connectivity index (χ2n) is 2.95. The number of ether oxygens (including phenoxy) is 3. The van der Waals surface area contributed by atoms with Crippen molar-refractivity contribution in [2.24, 2.45) is 0 Å². The van der Waals surface area contributed by atoms with Crippen molar-refractivity contribution >= 4 is 11.9 Å². The molecule has 0 saturated carbocycles. The zero-order chi connectivity index (χ0) is 12.1. The first-order valence-electron chi connectivity index (χ1n) is 4.53. The van der Waals surface area contributed by atoms with Crippen LogP contribution in [0.4, 0.5) is 0 Å². The largest absolute Gasteiger partial charge is 0.497 e. The van der Waals surface area contributed by atoms with Gasteiger partial charge in [-0.05, 0) is 12.1 Å². The van der Waals surface area contributed by atoms with Crippen molar-refractivity contribution < 1.29 is 23.8 Å². The highest BCUT2D eigenvalue weighted by molar-refractivity contribution is 5.93. The minimum absolute atomic E-state index is 0.124. The van der Waals surface area contributed by atoms with Crippen LogP contribution in [0.5, 0.6) is 11.5 Å². The van der Waals surface area contributed by atoms with E-state index < -0.39 is 11.9 Å². The monoisotopic (exact) mass is 224 g/mol. The Balaban J connectivity index is 3.15. The Bertz CT molecular complexity index is 411. The summed E-state index contributed by atoms with van der Waals surface area (Å²) in [5, 5.41) is 0. The van der Waals surface area contributed by atoms with E-state index in [9.17, 15) is 9.59 Å². The first-order valence-corrected chi connectivity index (χ1v) is 4.53. The Hall–Kier alpha value is -2.04. The molecule has 0 aliphatic heterocycles. The molecule has 1 aromatic rings. The van der Waals surface area contributed by atoms with Crippen molar-refractivity contribution in [3.05, 3.63) is 23.8 Å². The van der Waals surface area contributed by atoms with Gasteiger partial charge in [0.2, 0.25) is 0 Å². The third-order valence-corrected chi connectivity index (χ3v) is 1.85. The lowest BCUT2D eigenvalue weighted by atomic mass is 10.2. The van der Waals surface area contributed by atoms with Gasteiger partial charge in [-0.15, -0.1) is 0 Å². The van der Waals surface area contributed by atoms with Crippen molar-refractivity contribution in [1.29, 1.82) is 0 Å². The molecule has 5 nitrogen and oxygen atoms in total. The van der Waals surface area contributed by atoms with E-state index in [1.54, 1.807) is 6.07 Å². The second-order valence-corrected chi connectivity index (χ2v) is 2.95. The molecule has 0 atom stereocenters. The van der Waals surface area contributed by atoms with Crippen LogP contribution in [0.3, 0.4) is 0 Å². The van der Waals surface area contributed by atoms with E-state index in [2.05, 4.69) is 4.74 Å². The fraction of sp³-hybridized carbons (Fsp3) is 0.273. The fourth-order valence-corrected chi connectivity index (χ4v) is 1.15. The van der Waals surface area contributed by atoms with Gasteiger partial charge >= 0.3 is 11.9 Å². The molecule has 86 valence electrons. The van der Waals surface area contributed by atoms with E-state index in [-0.39, 0.29) is 11.3 Å². The maximum absolute atomic E-state index is 11.4. The average Bonchev–Trinajstić information content (AvgIpc) is 2.27. The number of benzene rings is 1. The SMILES string of the molecule is COC(=O)c1ccc(OC)cc1OC(C)=O.